The number of carbonyl (C=O) groups excluding carboxylic acids is 1. The van der Waals surface area contributed by atoms with Crippen LogP contribution >= 0.6 is 0 Å². The molecule has 0 spiro atoms. The number of hydrogen-bond acceptors (Lipinski definition) is 3. The largest absolute Gasteiger partial charge is 0.417 e. The molecule has 3 rings (SSSR count). The summed E-state index contributed by atoms with van der Waals surface area (Å²) in [7, 11) is 0. The smallest absolute Gasteiger partial charge is 0.355 e. The quantitative estimate of drug-likeness (QED) is 0.828. The summed E-state index contributed by atoms with van der Waals surface area (Å²) in [6, 6.07) is 2.48. The van der Waals surface area contributed by atoms with Crippen molar-refractivity contribution in [1.82, 2.24) is 9.88 Å². The Bertz CT molecular complexity index is 567. The minimum atomic E-state index is -4.37. The molecule has 0 atom stereocenters. The van der Waals surface area contributed by atoms with E-state index in [0.29, 0.717) is 32.0 Å². The second-order valence-corrected chi connectivity index (χ2v) is 6.55. The molecule has 2 fully saturated rings. The van der Waals surface area contributed by atoms with Crippen LogP contribution in [0.25, 0.3) is 0 Å². The number of anilines is 1. The summed E-state index contributed by atoms with van der Waals surface area (Å²) in [5, 5.41) is 0. The maximum absolute atomic E-state index is 12.6. The molecule has 2 heterocycles. The first-order valence-corrected chi connectivity index (χ1v) is 8.52. The van der Waals surface area contributed by atoms with Crippen LogP contribution in [0.5, 0.6) is 0 Å². The van der Waals surface area contributed by atoms with Crippen molar-refractivity contribution in [2.45, 2.75) is 38.3 Å². The summed E-state index contributed by atoms with van der Waals surface area (Å²) >= 11 is 0. The topological polar surface area (TPSA) is 36.4 Å². The van der Waals surface area contributed by atoms with Crippen LogP contribution in [-0.4, -0.2) is 42.0 Å². The summed E-state index contributed by atoms with van der Waals surface area (Å²) in [6.07, 6.45) is 1.55. The Morgan fingerprint density at radius 3 is 2.42 bits per heavy atom. The first kappa shape index (κ1) is 17.0. The van der Waals surface area contributed by atoms with Crippen molar-refractivity contribution >= 4 is 11.7 Å². The maximum atomic E-state index is 12.6. The monoisotopic (exact) mass is 341 g/mol. The van der Waals surface area contributed by atoms with Crippen LogP contribution in [0.4, 0.5) is 19.0 Å². The van der Waals surface area contributed by atoms with Gasteiger partial charge in [0.25, 0.3) is 0 Å². The lowest BCUT2D eigenvalue weighted by molar-refractivity contribution is -0.138. The maximum Gasteiger partial charge on any atom is 0.417 e. The fourth-order valence-corrected chi connectivity index (χ4v) is 3.54. The average molecular weight is 341 g/mol. The molecule has 0 aromatic carbocycles. The number of amides is 1. The molecule has 7 heteroatoms. The normalized spacial score (nSPS) is 20.3. The van der Waals surface area contributed by atoms with Crippen LogP contribution in [-0.2, 0) is 11.0 Å². The summed E-state index contributed by atoms with van der Waals surface area (Å²) in [5.74, 6) is 0.952. The van der Waals surface area contributed by atoms with E-state index in [4.69, 9.17) is 0 Å². The molecule has 4 nitrogen and oxygen atoms in total. The predicted octanol–water partition coefficient (Wildman–Crippen LogP) is 3.33. The molecule has 1 aliphatic carbocycles. The van der Waals surface area contributed by atoms with Crippen molar-refractivity contribution in [3.63, 3.8) is 0 Å². The number of rotatable bonds is 2. The fourth-order valence-electron chi connectivity index (χ4n) is 3.54. The molecular formula is C17H22F3N3O. The molecule has 2 aliphatic rings. The highest BCUT2D eigenvalue weighted by Crippen LogP contribution is 2.30. The third-order valence-electron chi connectivity index (χ3n) is 4.91. The van der Waals surface area contributed by atoms with Gasteiger partial charge in [-0.3, -0.25) is 4.79 Å². The van der Waals surface area contributed by atoms with Crippen molar-refractivity contribution in [3.05, 3.63) is 23.9 Å². The lowest BCUT2D eigenvalue weighted by Gasteiger charge is -2.25. The van der Waals surface area contributed by atoms with Gasteiger partial charge in [0.2, 0.25) is 5.91 Å². The molecule has 24 heavy (non-hydrogen) atoms. The van der Waals surface area contributed by atoms with Crippen LogP contribution in [0.15, 0.2) is 18.3 Å². The number of halogens is 3. The lowest BCUT2D eigenvalue weighted by atomic mass is 10.1. The highest BCUT2D eigenvalue weighted by atomic mass is 19.4. The third kappa shape index (κ3) is 3.82. The average Bonchev–Trinajstić information content (AvgIpc) is 2.98. The highest BCUT2D eigenvalue weighted by molar-refractivity contribution is 5.79. The Morgan fingerprint density at radius 2 is 1.79 bits per heavy atom. The van der Waals surface area contributed by atoms with E-state index in [1.54, 1.807) is 0 Å². The molecule has 1 saturated heterocycles. The predicted molar refractivity (Wildman–Crippen MR) is 84.6 cm³/mol. The number of pyridine rings is 1. The van der Waals surface area contributed by atoms with E-state index < -0.39 is 11.7 Å². The van der Waals surface area contributed by atoms with E-state index in [1.165, 1.54) is 6.07 Å². The van der Waals surface area contributed by atoms with Gasteiger partial charge in [0.05, 0.1) is 5.56 Å². The van der Waals surface area contributed by atoms with Gasteiger partial charge in [-0.1, -0.05) is 12.8 Å². The van der Waals surface area contributed by atoms with Gasteiger partial charge < -0.3 is 9.80 Å². The van der Waals surface area contributed by atoms with E-state index in [-0.39, 0.29) is 11.8 Å². The van der Waals surface area contributed by atoms with E-state index in [2.05, 4.69) is 4.98 Å². The van der Waals surface area contributed by atoms with Gasteiger partial charge in [-0.25, -0.2) is 4.98 Å². The summed E-state index contributed by atoms with van der Waals surface area (Å²) in [5.41, 5.74) is -0.737. The second kappa shape index (κ2) is 6.99. The van der Waals surface area contributed by atoms with Gasteiger partial charge in [0.15, 0.2) is 0 Å². The molecule has 1 aromatic heterocycles. The molecule has 1 saturated carbocycles. The van der Waals surface area contributed by atoms with Crippen molar-refractivity contribution in [1.29, 1.82) is 0 Å². The zero-order valence-corrected chi connectivity index (χ0v) is 13.6. The first-order chi connectivity index (χ1) is 11.4. The van der Waals surface area contributed by atoms with Gasteiger partial charge in [-0.15, -0.1) is 0 Å². The van der Waals surface area contributed by atoms with E-state index in [9.17, 15) is 18.0 Å². The lowest BCUT2D eigenvalue weighted by Crippen LogP contribution is -2.38. The minimum Gasteiger partial charge on any atom is -0.355 e. The van der Waals surface area contributed by atoms with Crippen molar-refractivity contribution < 1.29 is 18.0 Å². The van der Waals surface area contributed by atoms with Gasteiger partial charge >= 0.3 is 6.18 Å². The standard InChI is InChI=1S/C17H22F3N3O/c18-17(19,20)14-6-7-15(21-12-14)22-8-3-9-23(11-10-22)16(24)13-4-1-2-5-13/h6-7,12-13H,1-5,8-11H2. The zero-order valence-electron chi connectivity index (χ0n) is 13.6. The van der Waals surface area contributed by atoms with Crippen molar-refractivity contribution in [2.24, 2.45) is 5.92 Å². The Kier molecular flexibility index (Phi) is 4.96. The molecule has 0 radical (unpaired) electrons. The molecular weight excluding hydrogens is 319 g/mol. The first-order valence-electron chi connectivity index (χ1n) is 8.52. The van der Waals surface area contributed by atoms with Crippen molar-refractivity contribution in [3.8, 4) is 0 Å². The Hall–Kier alpha value is -1.79. The molecule has 132 valence electrons. The summed E-state index contributed by atoms with van der Waals surface area (Å²) in [4.78, 5) is 20.4. The summed E-state index contributed by atoms with van der Waals surface area (Å²) < 4.78 is 37.9. The van der Waals surface area contributed by atoms with Crippen LogP contribution in [0.2, 0.25) is 0 Å². The van der Waals surface area contributed by atoms with Crippen LogP contribution in [0.1, 0.15) is 37.7 Å². The summed E-state index contributed by atoms with van der Waals surface area (Å²) in [6.45, 7) is 2.63. The Labute approximate surface area is 139 Å². The highest BCUT2D eigenvalue weighted by Gasteiger charge is 2.31. The molecule has 1 aromatic rings. The second-order valence-electron chi connectivity index (χ2n) is 6.55. The number of alkyl halides is 3. The van der Waals surface area contributed by atoms with Crippen LogP contribution in [0, 0.1) is 5.92 Å². The number of carbonyl (C=O) groups is 1. The van der Waals surface area contributed by atoms with E-state index >= 15 is 0 Å². The van der Waals surface area contributed by atoms with Crippen LogP contribution < -0.4 is 4.90 Å². The van der Waals surface area contributed by atoms with Gasteiger partial charge in [0.1, 0.15) is 5.82 Å². The minimum absolute atomic E-state index is 0.167. The fraction of sp³-hybridized carbons (Fsp3) is 0.647. The molecule has 1 amide bonds. The molecule has 1 aliphatic heterocycles. The third-order valence-corrected chi connectivity index (χ3v) is 4.91. The van der Waals surface area contributed by atoms with Gasteiger partial charge in [0, 0.05) is 38.3 Å². The number of aromatic nitrogens is 1. The van der Waals surface area contributed by atoms with Crippen LogP contribution in [0.3, 0.4) is 0 Å². The molecule has 0 bridgehead atoms. The number of nitrogens with zero attached hydrogens (tertiary/aromatic N) is 3. The van der Waals surface area contributed by atoms with E-state index in [1.807, 2.05) is 9.80 Å². The van der Waals surface area contributed by atoms with Gasteiger partial charge in [-0.2, -0.15) is 13.2 Å². The Balaban J connectivity index is 1.61. The van der Waals surface area contributed by atoms with Gasteiger partial charge in [-0.05, 0) is 31.4 Å². The SMILES string of the molecule is O=C(C1CCCC1)N1CCCN(c2ccc(C(F)(F)F)cn2)CC1. The number of hydrogen-bond donors (Lipinski definition) is 0. The molecule has 0 N–H and O–H groups in total. The molecule has 0 unspecified atom stereocenters. The van der Waals surface area contributed by atoms with Crippen molar-refractivity contribution in [2.75, 3.05) is 31.1 Å². The van der Waals surface area contributed by atoms with E-state index in [0.717, 1.165) is 44.4 Å². The zero-order chi connectivity index (χ0) is 17.2. The Morgan fingerprint density at radius 1 is 1.04 bits per heavy atom.